The average molecular weight is 476 g/mol. The fraction of sp³-hybridized carbons (Fsp3) is 0.871. The number of nitrogens with zero attached hydrogens (tertiary/aromatic N) is 2. The molecule has 1 rings (SSSR count). The average Bonchev–Trinajstić information content (AvgIpc) is 2.67. The van der Waals surface area contributed by atoms with Crippen LogP contribution < -0.4 is 5.32 Å². The van der Waals surface area contributed by atoms with Crippen LogP contribution in [0.3, 0.4) is 0 Å². The molecule has 3 nitrogen and oxygen atoms in total. The van der Waals surface area contributed by atoms with Crippen LogP contribution in [0.15, 0.2) is 24.3 Å². The van der Waals surface area contributed by atoms with Crippen molar-refractivity contribution >= 4 is 0 Å². The highest BCUT2D eigenvalue weighted by atomic mass is 15.1. The normalized spacial score (nSPS) is 20.4. The fourth-order valence-electron chi connectivity index (χ4n) is 5.28. The van der Waals surface area contributed by atoms with Gasteiger partial charge in [-0.2, -0.15) is 0 Å². The zero-order valence-corrected chi connectivity index (χ0v) is 24.2. The zero-order chi connectivity index (χ0) is 25.5. The summed E-state index contributed by atoms with van der Waals surface area (Å²) in [5.41, 5.74) is 3.47. The monoisotopic (exact) mass is 475 g/mol. The van der Waals surface area contributed by atoms with Gasteiger partial charge in [-0.1, -0.05) is 85.1 Å². The summed E-state index contributed by atoms with van der Waals surface area (Å²) < 4.78 is 0. The highest BCUT2D eigenvalue weighted by molar-refractivity contribution is 5.01. The molecule has 0 aromatic heterocycles. The second-order valence-electron chi connectivity index (χ2n) is 13.5. The van der Waals surface area contributed by atoms with E-state index in [-0.39, 0.29) is 0 Å². The number of rotatable bonds is 6. The number of hydrogen-bond acceptors (Lipinski definition) is 3. The molecule has 1 fully saturated rings. The summed E-state index contributed by atoms with van der Waals surface area (Å²) in [5, 5.41) is 3.67. The molecule has 0 atom stereocenters. The topological polar surface area (TPSA) is 18.5 Å². The van der Waals surface area contributed by atoms with Gasteiger partial charge in [-0.25, -0.2) is 0 Å². The molecule has 200 valence electrons. The van der Waals surface area contributed by atoms with Crippen LogP contribution in [0.4, 0.5) is 0 Å². The third-order valence-electron chi connectivity index (χ3n) is 6.56. The van der Waals surface area contributed by atoms with Gasteiger partial charge in [0.15, 0.2) is 0 Å². The highest BCUT2D eigenvalue weighted by Crippen LogP contribution is 2.25. The van der Waals surface area contributed by atoms with Gasteiger partial charge >= 0.3 is 0 Å². The van der Waals surface area contributed by atoms with Gasteiger partial charge in [0.05, 0.1) is 0 Å². The molecule has 1 aliphatic heterocycles. The quantitative estimate of drug-likeness (QED) is 0.397. The smallest absolute Gasteiger partial charge is 0.0190 e. The minimum Gasteiger partial charge on any atom is -0.317 e. The molecule has 0 bridgehead atoms. The Morgan fingerprint density at radius 2 is 0.882 bits per heavy atom. The van der Waals surface area contributed by atoms with Crippen LogP contribution in [-0.2, 0) is 0 Å². The minimum atomic E-state index is 0.333. The Morgan fingerprint density at radius 3 is 1.21 bits per heavy atom. The zero-order valence-electron chi connectivity index (χ0n) is 24.2. The van der Waals surface area contributed by atoms with E-state index >= 15 is 0 Å². The van der Waals surface area contributed by atoms with E-state index in [1.54, 1.807) is 0 Å². The molecule has 0 amide bonds. The first-order valence-corrected chi connectivity index (χ1v) is 14.4. The Morgan fingerprint density at radius 1 is 0.559 bits per heavy atom. The van der Waals surface area contributed by atoms with Crippen molar-refractivity contribution in [1.82, 2.24) is 15.1 Å². The van der Waals surface area contributed by atoms with Gasteiger partial charge in [0.2, 0.25) is 0 Å². The van der Waals surface area contributed by atoms with E-state index in [1.807, 2.05) is 0 Å². The van der Waals surface area contributed by atoms with E-state index in [0.29, 0.717) is 10.8 Å². The summed E-state index contributed by atoms with van der Waals surface area (Å²) in [6.07, 6.45) is 14.1. The molecule has 1 N–H and O–H groups in total. The Balaban J connectivity index is 2.60. The molecule has 1 aliphatic rings. The van der Waals surface area contributed by atoms with Crippen LogP contribution in [0.2, 0.25) is 0 Å². The first kappa shape index (κ1) is 31.4. The minimum absolute atomic E-state index is 0.333. The van der Waals surface area contributed by atoms with Crippen molar-refractivity contribution < 1.29 is 0 Å². The largest absolute Gasteiger partial charge is 0.317 e. The summed E-state index contributed by atoms with van der Waals surface area (Å²) >= 11 is 0. The van der Waals surface area contributed by atoms with Gasteiger partial charge in [0.1, 0.15) is 0 Å². The Kier molecular flexibility index (Phi) is 15.6. The SMILES string of the molecule is C=C(CN1CCCCCNCCCCCN(CC(=C)CC(C)(C)C)CCCCC1)CC(C)(C)C. The van der Waals surface area contributed by atoms with E-state index < -0.39 is 0 Å². The predicted octanol–water partition coefficient (Wildman–Crippen LogP) is 7.69. The number of nitrogens with one attached hydrogen (secondary N) is 1. The molecule has 1 heterocycles. The van der Waals surface area contributed by atoms with Crippen molar-refractivity contribution in [3.63, 3.8) is 0 Å². The predicted molar refractivity (Wildman–Crippen MR) is 154 cm³/mol. The van der Waals surface area contributed by atoms with Crippen molar-refractivity contribution in [1.29, 1.82) is 0 Å². The first-order valence-electron chi connectivity index (χ1n) is 14.4. The van der Waals surface area contributed by atoms with E-state index in [9.17, 15) is 0 Å². The van der Waals surface area contributed by atoms with Crippen LogP contribution in [0.1, 0.15) is 112 Å². The van der Waals surface area contributed by atoms with Gasteiger partial charge in [-0.15, -0.1) is 0 Å². The van der Waals surface area contributed by atoms with Crippen molar-refractivity contribution in [2.45, 2.75) is 112 Å². The Labute approximate surface area is 214 Å². The molecule has 0 aromatic rings. The second kappa shape index (κ2) is 16.9. The van der Waals surface area contributed by atoms with E-state index in [0.717, 1.165) is 25.9 Å². The highest BCUT2D eigenvalue weighted by Gasteiger charge is 2.16. The van der Waals surface area contributed by atoms with Crippen LogP contribution in [0.5, 0.6) is 0 Å². The summed E-state index contributed by atoms with van der Waals surface area (Å²) in [5.74, 6) is 0. The van der Waals surface area contributed by atoms with Crippen LogP contribution in [-0.4, -0.2) is 62.2 Å². The molecular formula is C31H61N3. The Bertz CT molecular complexity index is 504. The fourth-order valence-corrected chi connectivity index (χ4v) is 5.28. The maximum Gasteiger partial charge on any atom is 0.0190 e. The molecule has 0 aliphatic carbocycles. The van der Waals surface area contributed by atoms with E-state index in [2.05, 4.69) is 69.8 Å². The second-order valence-corrected chi connectivity index (χ2v) is 13.5. The van der Waals surface area contributed by atoms with Gasteiger partial charge in [0, 0.05) is 13.1 Å². The summed E-state index contributed by atoms with van der Waals surface area (Å²) in [4.78, 5) is 5.38. The summed E-state index contributed by atoms with van der Waals surface area (Å²) in [6.45, 7) is 32.2. The molecule has 1 saturated heterocycles. The van der Waals surface area contributed by atoms with Gasteiger partial charge < -0.3 is 5.32 Å². The molecule has 3 heteroatoms. The molecule has 34 heavy (non-hydrogen) atoms. The van der Waals surface area contributed by atoms with Crippen molar-refractivity contribution in [3.05, 3.63) is 24.3 Å². The van der Waals surface area contributed by atoms with E-state index in [4.69, 9.17) is 0 Å². The first-order chi connectivity index (χ1) is 15.9. The van der Waals surface area contributed by atoms with Gasteiger partial charge in [0.25, 0.3) is 0 Å². The number of hydrogen-bond donors (Lipinski definition) is 1. The molecule has 0 aromatic carbocycles. The maximum absolute atomic E-state index is 4.43. The lowest BCUT2D eigenvalue weighted by Gasteiger charge is -2.28. The Hall–Kier alpha value is -0.640. The third-order valence-corrected chi connectivity index (χ3v) is 6.56. The lowest BCUT2D eigenvalue weighted by molar-refractivity contribution is 0.254. The van der Waals surface area contributed by atoms with Crippen LogP contribution in [0.25, 0.3) is 0 Å². The van der Waals surface area contributed by atoms with Crippen LogP contribution in [0, 0.1) is 10.8 Å². The maximum atomic E-state index is 4.43. The summed E-state index contributed by atoms with van der Waals surface area (Å²) in [7, 11) is 0. The van der Waals surface area contributed by atoms with Crippen molar-refractivity contribution in [3.8, 4) is 0 Å². The van der Waals surface area contributed by atoms with E-state index in [1.165, 1.54) is 108 Å². The van der Waals surface area contributed by atoms with Gasteiger partial charge in [-0.05, 0) is 101 Å². The molecule has 0 saturated carbocycles. The van der Waals surface area contributed by atoms with Gasteiger partial charge in [-0.3, -0.25) is 9.80 Å². The lowest BCUT2D eigenvalue weighted by atomic mass is 9.88. The van der Waals surface area contributed by atoms with Crippen molar-refractivity contribution in [2.24, 2.45) is 10.8 Å². The van der Waals surface area contributed by atoms with Crippen LogP contribution >= 0.6 is 0 Å². The third kappa shape index (κ3) is 18.7. The summed E-state index contributed by atoms with van der Waals surface area (Å²) in [6, 6.07) is 0. The lowest BCUT2D eigenvalue weighted by Crippen LogP contribution is -2.30. The standard InChI is InChI=1S/C31H61N3/c1-28(24-30(3,4)5)26-33-20-14-9-12-18-32-19-13-10-15-21-34(23-17-11-16-22-33)27-29(2)25-31(6,7)8/h32H,1-2,9-27H2,3-8H3. The molecule has 0 spiro atoms. The molecule has 0 radical (unpaired) electrons. The molecular weight excluding hydrogens is 414 g/mol. The molecule has 0 unspecified atom stereocenters. The van der Waals surface area contributed by atoms with Crippen molar-refractivity contribution in [2.75, 3.05) is 52.4 Å².